The number of hydrogen-bond donors (Lipinski definition) is 0. The Labute approximate surface area is 75.9 Å². The van der Waals surface area contributed by atoms with Crippen molar-refractivity contribution in [3.8, 4) is 0 Å². The topological polar surface area (TPSA) is 12.9 Å². The second-order valence-electron chi connectivity index (χ2n) is 2.37. The number of hydrogen-bond acceptors (Lipinski definition) is 1. The summed E-state index contributed by atoms with van der Waals surface area (Å²) in [6, 6.07) is 1.75. The summed E-state index contributed by atoms with van der Waals surface area (Å²) in [4.78, 5) is 3.51. The van der Waals surface area contributed by atoms with Gasteiger partial charge < -0.3 is 0 Å². The zero-order valence-corrected chi connectivity index (χ0v) is 7.48. The summed E-state index contributed by atoms with van der Waals surface area (Å²) in [7, 11) is 0. The molecule has 0 spiro atoms. The molecule has 0 N–H and O–H groups in total. The molecular formula is C9H9ClFN. The molecule has 0 aromatic carbocycles. The monoisotopic (exact) mass is 185 g/mol. The summed E-state index contributed by atoms with van der Waals surface area (Å²) < 4.78 is 12.8. The SMILES string of the molecule is Cc1c(C=CCCl)ccnc1F. The molecule has 0 aliphatic carbocycles. The largest absolute Gasteiger partial charge is 0.228 e. The Morgan fingerprint density at radius 3 is 3.08 bits per heavy atom. The molecule has 1 aromatic heterocycles. The lowest BCUT2D eigenvalue weighted by Gasteiger charge is -1.98. The Balaban J connectivity index is 3.00. The maximum Gasteiger partial charge on any atom is 0.216 e. The third-order valence-electron chi connectivity index (χ3n) is 1.57. The van der Waals surface area contributed by atoms with Crippen molar-refractivity contribution in [1.82, 2.24) is 4.98 Å². The molecule has 0 bridgehead atoms. The van der Waals surface area contributed by atoms with Crippen LogP contribution >= 0.6 is 11.6 Å². The molecule has 0 saturated heterocycles. The van der Waals surface area contributed by atoms with Crippen molar-refractivity contribution < 1.29 is 4.39 Å². The molecule has 0 fully saturated rings. The first-order chi connectivity index (χ1) is 5.75. The highest BCUT2D eigenvalue weighted by molar-refractivity contribution is 6.19. The van der Waals surface area contributed by atoms with Crippen molar-refractivity contribution in [3.05, 3.63) is 35.4 Å². The molecule has 1 aromatic rings. The lowest BCUT2D eigenvalue weighted by atomic mass is 10.1. The van der Waals surface area contributed by atoms with E-state index >= 15 is 0 Å². The van der Waals surface area contributed by atoms with Crippen LogP contribution in [0, 0.1) is 12.9 Å². The third-order valence-corrected chi connectivity index (χ3v) is 1.75. The van der Waals surface area contributed by atoms with E-state index in [1.165, 1.54) is 6.20 Å². The van der Waals surface area contributed by atoms with Gasteiger partial charge in [-0.2, -0.15) is 4.39 Å². The number of rotatable bonds is 2. The summed E-state index contributed by atoms with van der Waals surface area (Å²) in [5.74, 6) is 0.00958. The number of nitrogens with zero attached hydrogens (tertiary/aromatic N) is 1. The zero-order chi connectivity index (χ0) is 8.97. The molecule has 1 nitrogen and oxygen atoms in total. The molecule has 0 unspecified atom stereocenters. The number of halogens is 2. The van der Waals surface area contributed by atoms with Crippen molar-refractivity contribution in [1.29, 1.82) is 0 Å². The van der Waals surface area contributed by atoms with Crippen LogP contribution < -0.4 is 0 Å². The Bertz CT molecular complexity index is 297. The van der Waals surface area contributed by atoms with Gasteiger partial charge in [-0.15, -0.1) is 11.6 Å². The van der Waals surface area contributed by atoms with Crippen LogP contribution in [0.2, 0.25) is 0 Å². The average Bonchev–Trinajstić information content (AvgIpc) is 2.08. The molecule has 12 heavy (non-hydrogen) atoms. The predicted octanol–water partition coefficient (Wildman–Crippen LogP) is 2.78. The van der Waals surface area contributed by atoms with Crippen LogP contribution in [0.4, 0.5) is 4.39 Å². The Hall–Kier alpha value is -0.890. The molecular weight excluding hydrogens is 177 g/mol. The Morgan fingerprint density at radius 2 is 2.42 bits per heavy atom. The smallest absolute Gasteiger partial charge is 0.216 e. The summed E-state index contributed by atoms with van der Waals surface area (Å²) in [5, 5.41) is 0. The number of allylic oxidation sites excluding steroid dienone is 1. The van der Waals surface area contributed by atoms with Gasteiger partial charge in [0.05, 0.1) is 0 Å². The first-order valence-electron chi connectivity index (χ1n) is 3.59. The molecule has 0 atom stereocenters. The van der Waals surface area contributed by atoms with E-state index in [0.717, 1.165) is 5.56 Å². The van der Waals surface area contributed by atoms with Crippen molar-refractivity contribution >= 4 is 17.7 Å². The van der Waals surface area contributed by atoms with Gasteiger partial charge in [0.2, 0.25) is 5.95 Å². The lowest BCUT2D eigenvalue weighted by molar-refractivity contribution is 0.574. The molecule has 3 heteroatoms. The minimum absolute atomic E-state index is 0.424. The van der Waals surface area contributed by atoms with Crippen LogP contribution in [0.15, 0.2) is 18.3 Å². The number of pyridine rings is 1. The van der Waals surface area contributed by atoms with Crippen LogP contribution in [0.1, 0.15) is 11.1 Å². The highest BCUT2D eigenvalue weighted by Gasteiger charge is 2.00. The molecule has 1 heterocycles. The molecule has 0 aliphatic rings. The highest BCUT2D eigenvalue weighted by atomic mass is 35.5. The fourth-order valence-corrected chi connectivity index (χ4v) is 0.965. The Morgan fingerprint density at radius 1 is 1.67 bits per heavy atom. The molecule has 64 valence electrons. The van der Waals surface area contributed by atoms with E-state index in [1.54, 1.807) is 25.1 Å². The van der Waals surface area contributed by atoms with E-state index in [9.17, 15) is 4.39 Å². The number of alkyl halides is 1. The summed E-state index contributed by atoms with van der Waals surface area (Å²) in [6.07, 6.45) is 4.99. The second kappa shape index (κ2) is 4.21. The summed E-state index contributed by atoms with van der Waals surface area (Å²) >= 11 is 5.45. The maximum atomic E-state index is 12.8. The van der Waals surface area contributed by atoms with Crippen molar-refractivity contribution in [2.75, 3.05) is 5.88 Å². The van der Waals surface area contributed by atoms with E-state index in [-0.39, 0.29) is 0 Å². The standard InChI is InChI=1S/C9H9ClFN/c1-7-8(3-2-5-10)4-6-12-9(7)11/h2-4,6H,5H2,1H3. The minimum atomic E-state index is -0.424. The first kappa shape index (κ1) is 9.20. The fourth-order valence-electron chi connectivity index (χ4n) is 0.876. The van der Waals surface area contributed by atoms with Gasteiger partial charge in [-0.05, 0) is 18.6 Å². The molecule has 0 saturated carbocycles. The van der Waals surface area contributed by atoms with Gasteiger partial charge in [-0.1, -0.05) is 12.2 Å². The maximum absolute atomic E-state index is 12.8. The van der Waals surface area contributed by atoms with Crippen molar-refractivity contribution in [2.45, 2.75) is 6.92 Å². The van der Waals surface area contributed by atoms with Gasteiger partial charge in [-0.3, -0.25) is 0 Å². The van der Waals surface area contributed by atoms with Gasteiger partial charge in [-0.25, -0.2) is 4.98 Å². The van der Waals surface area contributed by atoms with E-state index < -0.39 is 5.95 Å². The van der Waals surface area contributed by atoms with Gasteiger partial charge in [0.1, 0.15) is 0 Å². The van der Waals surface area contributed by atoms with Gasteiger partial charge in [0.25, 0.3) is 0 Å². The first-order valence-corrected chi connectivity index (χ1v) is 4.12. The zero-order valence-electron chi connectivity index (χ0n) is 6.72. The molecule has 0 amide bonds. The second-order valence-corrected chi connectivity index (χ2v) is 2.68. The van der Waals surface area contributed by atoms with Gasteiger partial charge in [0.15, 0.2) is 0 Å². The molecule has 0 radical (unpaired) electrons. The minimum Gasteiger partial charge on any atom is -0.228 e. The van der Waals surface area contributed by atoms with Gasteiger partial charge >= 0.3 is 0 Å². The van der Waals surface area contributed by atoms with Gasteiger partial charge in [0, 0.05) is 17.6 Å². The van der Waals surface area contributed by atoms with Crippen LogP contribution in [0.3, 0.4) is 0 Å². The highest BCUT2D eigenvalue weighted by Crippen LogP contribution is 2.11. The third kappa shape index (κ3) is 2.05. The fraction of sp³-hybridized carbons (Fsp3) is 0.222. The van der Waals surface area contributed by atoms with Crippen molar-refractivity contribution in [2.24, 2.45) is 0 Å². The van der Waals surface area contributed by atoms with Crippen LogP contribution in [0.5, 0.6) is 0 Å². The van der Waals surface area contributed by atoms with E-state index in [1.807, 2.05) is 0 Å². The van der Waals surface area contributed by atoms with E-state index in [2.05, 4.69) is 4.98 Å². The normalized spacial score (nSPS) is 10.9. The Kier molecular flexibility index (Phi) is 3.23. The predicted molar refractivity (Wildman–Crippen MR) is 48.7 cm³/mol. The van der Waals surface area contributed by atoms with Crippen LogP contribution in [-0.4, -0.2) is 10.9 Å². The molecule has 0 aliphatic heterocycles. The number of aromatic nitrogens is 1. The summed E-state index contributed by atoms with van der Waals surface area (Å²) in [6.45, 7) is 1.69. The quantitative estimate of drug-likeness (QED) is 0.510. The van der Waals surface area contributed by atoms with Crippen LogP contribution in [-0.2, 0) is 0 Å². The van der Waals surface area contributed by atoms with E-state index in [4.69, 9.17) is 11.6 Å². The van der Waals surface area contributed by atoms with Crippen LogP contribution in [0.25, 0.3) is 6.08 Å². The summed E-state index contributed by atoms with van der Waals surface area (Å²) in [5.41, 5.74) is 1.38. The van der Waals surface area contributed by atoms with Crippen molar-refractivity contribution in [3.63, 3.8) is 0 Å². The lowest BCUT2D eigenvalue weighted by Crippen LogP contribution is -1.90. The molecule has 1 rings (SSSR count). The van der Waals surface area contributed by atoms with E-state index in [0.29, 0.717) is 11.4 Å². The average molecular weight is 186 g/mol.